The van der Waals surface area contributed by atoms with Gasteiger partial charge in [-0.2, -0.15) is 0 Å². The van der Waals surface area contributed by atoms with Crippen LogP contribution in [0, 0.1) is 28.1 Å². The van der Waals surface area contributed by atoms with Gasteiger partial charge in [-0.05, 0) is 50.8 Å². The fourth-order valence-corrected chi connectivity index (χ4v) is 10.2. The molecular weight excluding hydrogens is 580 g/mol. The van der Waals surface area contributed by atoms with Crippen LogP contribution in [0.25, 0.3) is 0 Å². The standard InChI is InChI=1S/C35H46O10/c1-9-17(2)32(39)45-31-29-30-33(6,16-41-29)25(42-19(4)36)15-26(43-20(5)37)34(30,7)24-14-27(38)44-23-13-21(22-11-10-12-40-22)18(3)28(23)35(24,31)8/h9-12,21,23-27,29-31,38H,13-16H2,1-8H3/b17-9+/t21-,23?,24?,25?,26?,27?,29-,30+,31-,33-,34+,35-/m1/s1. The summed E-state index contributed by atoms with van der Waals surface area (Å²) in [5, 5.41) is 11.5. The molecule has 1 aromatic heterocycles. The fraction of sp³-hybridized carbons (Fsp3) is 0.686. The van der Waals surface area contributed by atoms with Crippen LogP contribution in [0.2, 0.25) is 0 Å². The van der Waals surface area contributed by atoms with Crippen LogP contribution in [-0.4, -0.2) is 66.4 Å². The zero-order valence-corrected chi connectivity index (χ0v) is 27.5. The van der Waals surface area contributed by atoms with Gasteiger partial charge in [0.1, 0.15) is 24.1 Å². The first-order valence-corrected chi connectivity index (χ1v) is 16.1. The molecular formula is C35H46O10. The van der Waals surface area contributed by atoms with Gasteiger partial charge in [0.2, 0.25) is 0 Å². The highest BCUT2D eigenvalue weighted by Crippen LogP contribution is 2.72. The molecule has 1 N–H and O–H groups in total. The molecule has 0 spiro atoms. The minimum Gasteiger partial charge on any atom is -0.469 e. The molecule has 5 aliphatic rings. The summed E-state index contributed by atoms with van der Waals surface area (Å²) >= 11 is 0. The first kappa shape index (κ1) is 32.0. The molecule has 12 atom stereocenters. The van der Waals surface area contributed by atoms with Crippen LogP contribution in [-0.2, 0) is 38.1 Å². The van der Waals surface area contributed by atoms with Gasteiger partial charge in [-0.25, -0.2) is 4.79 Å². The second-order valence-corrected chi connectivity index (χ2v) is 14.4. The SMILES string of the molecule is C/C=C(\C)C(=O)O[C@@H]1[C@@H]2OC[C@]3(C)C(OC(C)=O)CC(OC(C)=O)[C@](C)(C4CC(O)OC5C[C@@H](c6ccco6)C(C)=C5[C@@]41C)[C@@H]23. The second kappa shape index (κ2) is 11.1. The van der Waals surface area contributed by atoms with Crippen molar-refractivity contribution in [3.63, 3.8) is 0 Å². The first-order chi connectivity index (χ1) is 21.2. The molecule has 2 aliphatic heterocycles. The summed E-state index contributed by atoms with van der Waals surface area (Å²) in [4.78, 5) is 38.7. The third kappa shape index (κ3) is 4.65. The fourth-order valence-electron chi connectivity index (χ4n) is 10.2. The number of aliphatic hydroxyl groups excluding tert-OH is 1. The van der Waals surface area contributed by atoms with Gasteiger partial charge in [0.15, 0.2) is 6.29 Å². The number of carbonyl (C=O) groups is 3. The summed E-state index contributed by atoms with van der Waals surface area (Å²) in [5.74, 6) is -1.37. The number of ether oxygens (including phenoxy) is 5. The van der Waals surface area contributed by atoms with Gasteiger partial charge in [-0.3, -0.25) is 9.59 Å². The normalized spacial score (nSPS) is 43.9. The quantitative estimate of drug-likeness (QED) is 0.206. The van der Waals surface area contributed by atoms with Crippen LogP contribution >= 0.6 is 0 Å². The maximum absolute atomic E-state index is 13.7. The largest absolute Gasteiger partial charge is 0.469 e. The number of aliphatic hydroxyl groups is 1. The van der Waals surface area contributed by atoms with Crippen LogP contribution in [0.4, 0.5) is 0 Å². The van der Waals surface area contributed by atoms with Crippen molar-refractivity contribution in [3.8, 4) is 0 Å². The molecule has 1 aromatic rings. The van der Waals surface area contributed by atoms with Gasteiger partial charge in [0, 0.05) is 60.3 Å². The summed E-state index contributed by atoms with van der Waals surface area (Å²) < 4.78 is 37.6. The van der Waals surface area contributed by atoms with Crippen molar-refractivity contribution in [2.45, 2.75) is 117 Å². The minimum absolute atomic E-state index is 0.0966. The molecule has 0 radical (unpaired) electrons. The van der Waals surface area contributed by atoms with Gasteiger partial charge in [-0.1, -0.05) is 32.4 Å². The lowest BCUT2D eigenvalue weighted by Gasteiger charge is -2.66. The van der Waals surface area contributed by atoms with Crippen LogP contribution in [0.3, 0.4) is 0 Å². The average molecular weight is 627 g/mol. The van der Waals surface area contributed by atoms with Gasteiger partial charge in [0.25, 0.3) is 0 Å². The number of fused-ring (bicyclic) bond motifs is 4. The number of esters is 3. The molecule has 10 nitrogen and oxygen atoms in total. The Balaban J connectivity index is 1.61. The van der Waals surface area contributed by atoms with E-state index in [-0.39, 0.29) is 37.2 Å². The van der Waals surface area contributed by atoms with E-state index in [9.17, 15) is 19.5 Å². The van der Waals surface area contributed by atoms with Gasteiger partial charge in [0.05, 0.1) is 25.1 Å². The molecule has 3 heterocycles. The van der Waals surface area contributed by atoms with Gasteiger partial charge in [-0.15, -0.1) is 0 Å². The van der Waals surface area contributed by atoms with Crippen molar-refractivity contribution in [2.75, 3.05) is 6.61 Å². The molecule has 246 valence electrons. The Morgan fingerprint density at radius 2 is 1.69 bits per heavy atom. The van der Waals surface area contributed by atoms with E-state index < -0.39 is 71.0 Å². The van der Waals surface area contributed by atoms with E-state index >= 15 is 0 Å². The molecule has 3 aliphatic carbocycles. The van der Waals surface area contributed by atoms with E-state index in [4.69, 9.17) is 28.1 Å². The zero-order valence-electron chi connectivity index (χ0n) is 27.5. The Morgan fingerprint density at radius 3 is 2.31 bits per heavy atom. The molecule has 0 bridgehead atoms. The van der Waals surface area contributed by atoms with E-state index in [1.807, 2.05) is 19.1 Å². The molecule has 4 fully saturated rings. The smallest absolute Gasteiger partial charge is 0.333 e. The highest BCUT2D eigenvalue weighted by atomic mass is 16.6. The van der Waals surface area contributed by atoms with Crippen molar-refractivity contribution >= 4 is 17.9 Å². The van der Waals surface area contributed by atoms with E-state index in [0.717, 1.165) is 16.9 Å². The van der Waals surface area contributed by atoms with Crippen molar-refractivity contribution in [2.24, 2.45) is 28.1 Å². The zero-order chi connectivity index (χ0) is 32.6. The van der Waals surface area contributed by atoms with E-state index in [1.54, 1.807) is 26.2 Å². The Hall–Kier alpha value is -2.95. The predicted molar refractivity (Wildman–Crippen MR) is 160 cm³/mol. The Labute approximate surface area is 264 Å². The summed E-state index contributed by atoms with van der Waals surface area (Å²) in [5.41, 5.74) is 0.0982. The van der Waals surface area contributed by atoms with Gasteiger partial charge >= 0.3 is 17.9 Å². The number of hydrogen-bond acceptors (Lipinski definition) is 10. The monoisotopic (exact) mass is 626 g/mol. The van der Waals surface area contributed by atoms with Crippen molar-refractivity contribution in [3.05, 3.63) is 47.0 Å². The highest BCUT2D eigenvalue weighted by molar-refractivity contribution is 5.87. The summed E-state index contributed by atoms with van der Waals surface area (Å²) in [6.07, 6.45) is 0.164. The number of furan rings is 1. The Kier molecular flexibility index (Phi) is 7.89. The van der Waals surface area contributed by atoms with Crippen molar-refractivity contribution in [1.29, 1.82) is 0 Å². The molecule has 0 aromatic carbocycles. The topological polar surface area (TPSA) is 131 Å². The number of hydrogen-bond donors (Lipinski definition) is 1. The summed E-state index contributed by atoms with van der Waals surface area (Å²) in [7, 11) is 0. The number of rotatable bonds is 5. The molecule has 10 heteroatoms. The van der Waals surface area contributed by atoms with Crippen molar-refractivity contribution in [1.82, 2.24) is 0 Å². The minimum atomic E-state index is -1.13. The molecule has 2 saturated heterocycles. The molecule has 0 amide bonds. The highest BCUT2D eigenvalue weighted by Gasteiger charge is 2.77. The lowest BCUT2D eigenvalue weighted by atomic mass is 9.39. The Bertz CT molecular complexity index is 1430. The number of carbonyl (C=O) groups excluding carboxylic acids is 3. The second-order valence-electron chi connectivity index (χ2n) is 14.4. The Morgan fingerprint density at radius 1 is 1.00 bits per heavy atom. The van der Waals surface area contributed by atoms with E-state index in [2.05, 4.69) is 20.8 Å². The van der Waals surface area contributed by atoms with Crippen molar-refractivity contribution < 1.29 is 47.6 Å². The van der Waals surface area contributed by atoms with Crippen LogP contribution < -0.4 is 0 Å². The third-order valence-corrected chi connectivity index (χ3v) is 12.1. The van der Waals surface area contributed by atoms with Crippen LogP contribution in [0.5, 0.6) is 0 Å². The summed E-state index contributed by atoms with van der Waals surface area (Å²) in [6.45, 7) is 14.8. The molecule has 5 unspecified atom stereocenters. The van der Waals surface area contributed by atoms with Crippen LogP contribution in [0.1, 0.15) is 86.3 Å². The number of allylic oxidation sites excluding steroid dienone is 2. The molecule has 6 rings (SSSR count). The maximum Gasteiger partial charge on any atom is 0.333 e. The molecule has 45 heavy (non-hydrogen) atoms. The first-order valence-electron chi connectivity index (χ1n) is 16.1. The van der Waals surface area contributed by atoms with E-state index in [0.29, 0.717) is 12.0 Å². The van der Waals surface area contributed by atoms with Gasteiger partial charge < -0.3 is 33.2 Å². The maximum atomic E-state index is 13.7. The lowest BCUT2D eigenvalue weighted by Crippen LogP contribution is -2.72. The average Bonchev–Trinajstić information content (AvgIpc) is 3.68. The third-order valence-electron chi connectivity index (χ3n) is 12.1. The molecule has 2 saturated carbocycles. The van der Waals surface area contributed by atoms with Crippen LogP contribution in [0.15, 0.2) is 45.6 Å². The predicted octanol–water partition coefficient (Wildman–Crippen LogP) is 5.00. The summed E-state index contributed by atoms with van der Waals surface area (Å²) in [6, 6.07) is 3.80. The lowest BCUT2D eigenvalue weighted by molar-refractivity contribution is -0.262. The van der Waals surface area contributed by atoms with E-state index in [1.165, 1.54) is 13.8 Å².